The van der Waals surface area contributed by atoms with Gasteiger partial charge in [-0.2, -0.15) is 0 Å². The van der Waals surface area contributed by atoms with E-state index < -0.39 is 0 Å². The fourth-order valence-corrected chi connectivity index (χ4v) is 4.70. The number of likely N-dealkylation sites (tertiary alicyclic amines) is 1. The lowest BCUT2D eigenvalue weighted by molar-refractivity contribution is -0.385. The summed E-state index contributed by atoms with van der Waals surface area (Å²) in [6, 6.07) is 4.10. The largest absolute Gasteiger partial charge is 0.381 e. The number of methoxy groups -OCH3 is 1. The highest BCUT2D eigenvalue weighted by Gasteiger charge is 2.30. The number of nitrogens with zero attached hydrogens (tertiary/aromatic N) is 2. The molecule has 0 unspecified atom stereocenters. The molecule has 0 aromatic heterocycles. The molecule has 2 fully saturated rings. The average Bonchev–Trinajstić information content (AvgIpc) is 2.65. The van der Waals surface area contributed by atoms with E-state index in [0.717, 1.165) is 56.3 Å². The van der Waals surface area contributed by atoms with Crippen LogP contribution in [-0.2, 0) is 11.2 Å². The van der Waals surface area contributed by atoms with Gasteiger partial charge in [-0.15, -0.1) is 0 Å². The van der Waals surface area contributed by atoms with Crippen molar-refractivity contribution in [1.82, 2.24) is 4.90 Å². The number of hydrogen-bond acceptors (Lipinski definition) is 4. The molecule has 1 aliphatic heterocycles. The van der Waals surface area contributed by atoms with Gasteiger partial charge in [0, 0.05) is 24.8 Å². The van der Waals surface area contributed by atoms with E-state index in [2.05, 4.69) is 4.90 Å². The Hall–Kier alpha value is -1.17. The number of nitro benzene ring substituents is 1. The van der Waals surface area contributed by atoms with Gasteiger partial charge < -0.3 is 9.64 Å². The second-order valence-electron chi connectivity index (χ2n) is 7.84. The molecule has 3 rings (SSSR count). The molecule has 5 nitrogen and oxygen atoms in total. The van der Waals surface area contributed by atoms with Crippen LogP contribution in [0.15, 0.2) is 12.1 Å². The first-order chi connectivity index (χ1) is 12.5. The third-order valence-corrected chi connectivity index (χ3v) is 6.61. The molecule has 1 aromatic rings. The smallest absolute Gasteiger partial charge is 0.274 e. The monoisotopic (exact) mass is 380 g/mol. The van der Waals surface area contributed by atoms with Gasteiger partial charge in [-0.3, -0.25) is 10.1 Å². The maximum Gasteiger partial charge on any atom is 0.274 e. The summed E-state index contributed by atoms with van der Waals surface area (Å²) in [5, 5.41) is 11.8. The summed E-state index contributed by atoms with van der Waals surface area (Å²) in [7, 11) is 1.81. The van der Waals surface area contributed by atoms with Crippen molar-refractivity contribution in [2.24, 2.45) is 5.92 Å². The molecule has 0 amide bonds. The van der Waals surface area contributed by atoms with E-state index in [4.69, 9.17) is 16.3 Å². The molecule has 26 heavy (non-hydrogen) atoms. The van der Waals surface area contributed by atoms with Gasteiger partial charge in [0.2, 0.25) is 0 Å². The molecule has 1 heterocycles. The number of piperidine rings is 1. The summed E-state index contributed by atoms with van der Waals surface area (Å²) in [6.07, 6.45) is 8.23. The Morgan fingerprint density at radius 2 is 1.85 bits per heavy atom. The highest BCUT2D eigenvalue weighted by molar-refractivity contribution is 6.31. The zero-order valence-electron chi connectivity index (χ0n) is 15.7. The topological polar surface area (TPSA) is 55.6 Å². The fourth-order valence-electron chi connectivity index (χ4n) is 4.54. The Kier molecular flexibility index (Phi) is 6.54. The van der Waals surface area contributed by atoms with Crippen LogP contribution in [-0.4, -0.2) is 42.2 Å². The Bertz CT molecular complexity index is 636. The molecule has 2 aliphatic rings. The molecule has 0 spiro atoms. The maximum atomic E-state index is 11.4. The van der Waals surface area contributed by atoms with Gasteiger partial charge in [0.1, 0.15) is 0 Å². The number of hydrogen-bond donors (Lipinski definition) is 0. The van der Waals surface area contributed by atoms with Crippen LogP contribution in [0.3, 0.4) is 0 Å². The fraction of sp³-hybridized carbons (Fsp3) is 0.700. The summed E-state index contributed by atoms with van der Waals surface area (Å²) in [6.45, 7) is 4.12. The summed E-state index contributed by atoms with van der Waals surface area (Å²) in [5.41, 5.74) is 1.91. The highest BCUT2D eigenvalue weighted by atomic mass is 35.5. The first-order valence-corrected chi connectivity index (χ1v) is 10.1. The minimum atomic E-state index is -0.302. The lowest BCUT2D eigenvalue weighted by Gasteiger charge is -2.40. The molecule has 144 valence electrons. The lowest BCUT2D eigenvalue weighted by atomic mass is 9.86. The van der Waals surface area contributed by atoms with Gasteiger partial charge in [0.05, 0.1) is 16.0 Å². The van der Waals surface area contributed by atoms with Crippen molar-refractivity contribution >= 4 is 17.3 Å². The predicted octanol–water partition coefficient (Wildman–Crippen LogP) is 4.77. The Labute approximate surface area is 160 Å². The number of rotatable bonds is 5. The van der Waals surface area contributed by atoms with Crippen molar-refractivity contribution in [3.63, 3.8) is 0 Å². The molecule has 0 bridgehead atoms. The molecule has 1 saturated carbocycles. The average molecular weight is 381 g/mol. The van der Waals surface area contributed by atoms with E-state index >= 15 is 0 Å². The minimum Gasteiger partial charge on any atom is -0.381 e. The van der Waals surface area contributed by atoms with Crippen LogP contribution in [0.2, 0.25) is 5.02 Å². The molecule has 6 heteroatoms. The van der Waals surface area contributed by atoms with Crippen molar-refractivity contribution in [1.29, 1.82) is 0 Å². The van der Waals surface area contributed by atoms with Gasteiger partial charge in [-0.1, -0.05) is 11.6 Å². The van der Waals surface area contributed by atoms with Crippen LogP contribution in [0.25, 0.3) is 0 Å². The Balaban J connectivity index is 1.56. The number of benzene rings is 1. The quantitative estimate of drug-likeness (QED) is 0.545. The van der Waals surface area contributed by atoms with E-state index in [1.54, 1.807) is 0 Å². The van der Waals surface area contributed by atoms with Gasteiger partial charge in [0.25, 0.3) is 5.69 Å². The zero-order chi connectivity index (χ0) is 18.7. The predicted molar refractivity (Wildman–Crippen MR) is 104 cm³/mol. The molecule has 1 saturated heterocycles. The molecule has 0 atom stereocenters. The SMILES string of the molecule is COC1CCC(N2CCC(Cc3cc(C)c(Cl)cc3[N+](=O)[O-])CC2)CC1. The Morgan fingerprint density at radius 3 is 2.42 bits per heavy atom. The first-order valence-electron chi connectivity index (χ1n) is 9.68. The van der Waals surface area contributed by atoms with E-state index in [1.807, 2.05) is 20.1 Å². The lowest BCUT2D eigenvalue weighted by Crippen LogP contribution is -2.44. The van der Waals surface area contributed by atoms with Crippen LogP contribution in [0.4, 0.5) is 5.69 Å². The number of aryl methyl sites for hydroxylation is 1. The molecule has 1 aliphatic carbocycles. The normalized spacial score (nSPS) is 25.3. The van der Waals surface area contributed by atoms with Crippen LogP contribution in [0, 0.1) is 23.0 Å². The van der Waals surface area contributed by atoms with Crippen molar-refractivity contribution in [3.8, 4) is 0 Å². The summed E-state index contributed by atoms with van der Waals surface area (Å²) >= 11 is 6.08. The van der Waals surface area contributed by atoms with E-state index in [0.29, 0.717) is 23.1 Å². The van der Waals surface area contributed by atoms with Gasteiger partial charge in [-0.05, 0) is 82.5 Å². The van der Waals surface area contributed by atoms with Crippen LogP contribution >= 0.6 is 11.6 Å². The highest BCUT2D eigenvalue weighted by Crippen LogP contribution is 2.33. The second kappa shape index (κ2) is 8.68. The van der Waals surface area contributed by atoms with Gasteiger partial charge in [-0.25, -0.2) is 0 Å². The van der Waals surface area contributed by atoms with Gasteiger partial charge >= 0.3 is 0 Å². The molecular formula is C20H29ClN2O3. The third-order valence-electron chi connectivity index (χ3n) is 6.21. The summed E-state index contributed by atoms with van der Waals surface area (Å²) in [5.74, 6) is 0.515. The number of halogens is 1. The molecule has 0 radical (unpaired) electrons. The summed E-state index contributed by atoms with van der Waals surface area (Å²) in [4.78, 5) is 13.7. The first kappa shape index (κ1) is 19.6. The van der Waals surface area contributed by atoms with Crippen LogP contribution in [0.5, 0.6) is 0 Å². The second-order valence-corrected chi connectivity index (χ2v) is 8.24. The number of ether oxygens (including phenoxy) is 1. The molecule has 0 N–H and O–H groups in total. The van der Waals surface area contributed by atoms with Crippen molar-refractivity contribution < 1.29 is 9.66 Å². The number of nitro groups is 1. The van der Waals surface area contributed by atoms with Gasteiger partial charge in [0.15, 0.2) is 0 Å². The van der Waals surface area contributed by atoms with Crippen LogP contribution < -0.4 is 0 Å². The van der Waals surface area contributed by atoms with Crippen molar-refractivity contribution in [2.75, 3.05) is 20.2 Å². The standard InChI is InChI=1S/C20H29ClN2O3/c1-14-11-16(20(23(24)25)13-19(14)21)12-15-7-9-22(10-8-15)17-3-5-18(26-2)6-4-17/h11,13,15,17-18H,3-10,12H2,1-2H3. The minimum absolute atomic E-state index is 0.168. The summed E-state index contributed by atoms with van der Waals surface area (Å²) < 4.78 is 5.48. The van der Waals surface area contributed by atoms with Crippen molar-refractivity contribution in [2.45, 2.75) is 64.0 Å². The maximum absolute atomic E-state index is 11.4. The van der Waals surface area contributed by atoms with Crippen LogP contribution in [0.1, 0.15) is 49.7 Å². The zero-order valence-corrected chi connectivity index (χ0v) is 16.5. The van der Waals surface area contributed by atoms with E-state index in [1.165, 1.54) is 18.9 Å². The molecular weight excluding hydrogens is 352 g/mol. The molecule has 1 aromatic carbocycles. The third kappa shape index (κ3) is 4.56. The van der Waals surface area contributed by atoms with E-state index in [-0.39, 0.29) is 10.6 Å². The van der Waals surface area contributed by atoms with Crippen molar-refractivity contribution in [3.05, 3.63) is 38.4 Å². The Morgan fingerprint density at radius 1 is 1.19 bits per heavy atom. The van der Waals surface area contributed by atoms with E-state index in [9.17, 15) is 10.1 Å².